The van der Waals surface area contributed by atoms with Gasteiger partial charge in [0.1, 0.15) is 0 Å². The quantitative estimate of drug-likeness (QED) is 0.780. The number of anilines is 1. The van der Waals surface area contributed by atoms with E-state index in [1.165, 1.54) is 24.0 Å². The van der Waals surface area contributed by atoms with Gasteiger partial charge in [-0.05, 0) is 19.4 Å². The molecule has 6 heteroatoms. The van der Waals surface area contributed by atoms with Crippen molar-refractivity contribution < 1.29 is 9.53 Å². The van der Waals surface area contributed by atoms with Crippen molar-refractivity contribution in [2.24, 2.45) is 0 Å². The molecule has 0 atom stereocenters. The summed E-state index contributed by atoms with van der Waals surface area (Å²) >= 11 is 7.30. The molecule has 2 aromatic rings. The van der Waals surface area contributed by atoms with Crippen molar-refractivity contribution in [2.75, 3.05) is 12.0 Å². The molecule has 1 aromatic heterocycles. The second-order valence-corrected chi connectivity index (χ2v) is 6.15. The van der Waals surface area contributed by atoms with Crippen LogP contribution >= 0.6 is 22.9 Å². The molecule has 0 fully saturated rings. The van der Waals surface area contributed by atoms with Crippen LogP contribution < -0.4 is 4.90 Å². The van der Waals surface area contributed by atoms with Crippen LogP contribution in [-0.4, -0.2) is 24.1 Å². The summed E-state index contributed by atoms with van der Waals surface area (Å²) in [6.07, 6.45) is 0. The number of benzene rings is 1. The molecule has 1 heterocycles. The second kappa shape index (κ2) is 6.91. The molecule has 0 N–H and O–H groups in total. The Morgan fingerprint density at radius 2 is 2.05 bits per heavy atom. The van der Waals surface area contributed by atoms with Crippen LogP contribution in [-0.2, 0) is 11.3 Å². The van der Waals surface area contributed by atoms with E-state index in [0.717, 1.165) is 5.13 Å². The van der Waals surface area contributed by atoms with Crippen LogP contribution in [0, 0.1) is 0 Å². The average molecular weight is 325 g/mol. The van der Waals surface area contributed by atoms with Gasteiger partial charge in [0, 0.05) is 12.6 Å². The summed E-state index contributed by atoms with van der Waals surface area (Å²) < 4.78 is 4.72. The first-order valence-corrected chi connectivity index (χ1v) is 7.77. The normalized spacial score (nSPS) is 10.7. The number of aromatic nitrogens is 1. The monoisotopic (exact) mass is 324 g/mol. The molecule has 4 nitrogen and oxygen atoms in total. The largest absolute Gasteiger partial charge is 0.465 e. The summed E-state index contributed by atoms with van der Waals surface area (Å²) in [5.74, 6) is -0.452. The number of hydrogen-bond acceptors (Lipinski definition) is 5. The third-order valence-electron chi connectivity index (χ3n) is 3.01. The number of esters is 1. The highest BCUT2D eigenvalue weighted by atomic mass is 35.5. The first-order chi connectivity index (χ1) is 10.0. The van der Waals surface area contributed by atoms with Gasteiger partial charge in [-0.3, -0.25) is 0 Å². The fourth-order valence-electron chi connectivity index (χ4n) is 1.88. The number of nitrogens with zero attached hydrogens (tertiary/aromatic N) is 2. The lowest BCUT2D eigenvalue weighted by molar-refractivity contribution is 0.0606. The van der Waals surface area contributed by atoms with E-state index in [0.29, 0.717) is 11.4 Å². The van der Waals surface area contributed by atoms with Crippen molar-refractivity contribution >= 4 is 34.0 Å². The zero-order valence-corrected chi connectivity index (χ0v) is 13.7. The van der Waals surface area contributed by atoms with Crippen molar-refractivity contribution in [3.8, 4) is 0 Å². The zero-order valence-electron chi connectivity index (χ0n) is 12.2. The summed E-state index contributed by atoms with van der Waals surface area (Å²) in [7, 11) is 1.34. The van der Waals surface area contributed by atoms with Gasteiger partial charge in [0.15, 0.2) is 15.2 Å². The number of carbonyl (C=O) groups excluding carboxylic acids is 1. The van der Waals surface area contributed by atoms with Gasteiger partial charge >= 0.3 is 5.97 Å². The van der Waals surface area contributed by atoms with Crippen LogP contribution in [0.2, 0.25) is 5.15 Å². The third-order valence-corrected chi connectivity index (χ3v) is 4.47. The Kier molecular flexibility index (Phi) is 5.20. The minimum absolute atomic E-state index is 0.195. The first-order valence-electron chi connectivity index (χ1n) is 6.58. The molecule has 0 spiro atoms. The molecule has 112 valence electrons. The SMILES string of the molecule is COC(=O)c1sc(N(Cc2ccccc2)C(C)C)nc1Cl. The topological polar surface area (TPSA) is 42.4 Å². The van der Waals surface area contributed by atoms with E-state index in [-0.39, 0.29) is 11.2 Å². The molecule has 0 amide bonds. The number of rotatable bonds is 5. The molecule has 21 heavy (non-hydrogen) atoms. The standard InChI is InChI=1S/C15H17ClN2O2S/c1-10(2)18(9-11-7-5-4-6-8-11)15-17-13(16)12(21-15)14(19)20-3/h4-8,10H,9H2,1-3H3. The minimum Gasteiger partial charge on any atom is -0.465 e. The van der Waals surface area contributed by atoms with E-state index in [1.807, 2.05) is 18.2 Å². The average Bonchev–Trinajstić information content (AvgIpc) is 2.86. The van der Waals surface area contributed by atoms with Crippen LogP contribution in [0.4, 0.5) is 5.13 Å². The number of halogens is 1. The molecule has 0 saturated carbocycles. The molecule has 0 aliphatic rings. The number of methoxy groups -OCH3 is 1. The van der Waals surface area contributed by atoms with Gasteiger partial charge in [-0.15, -0.1) is 0 Å². The lowest BCUT2D eigenvalue weighted by Crippen LogP contribution is -2.29. The summed E-state index contributed by atoms with van der Waals surface area (Å²) in [6.45, 7) is 4.87. The first kappa shape index (κ1) is 15.8. The summed E-state index contributed by atoms with van der Waals surface area (Å²) in [4.78, 5) is 18.4. The highest BCUT2D eigenvalue weighted by molar-refractivity contribution is 7.18. The van der Waals surface area contributed by atoms with Gasteiger partial charge in [0.05, 0.1) is 7.11 Å². The molecule has 0 aliphatic heterocycles. The van der Waals surface area contributed by atoms with Crippen LogP contribution in [0.25, 0.3) is 0 Å². The van der Waals surface area contributed by atoms with Gasteiger partial charge in [-0.2, -0.15) is 0 Å². The summed E-state index contributed by atoms with van der Waals surface area (Å²) in [6, 6.07) is 10.3. The molecule has 0 aliphatic carbocycles. The number of ether oxygens (including phenoxy) is 1. The predicted octanol–water partition coefficient (Wildman–Crippen LogP) is 4.00. The van der Waals surface area contributed by atoms with Gasteiger partial charge in [0.2, 0.25) is 0 Å². The van der Waals surface area contributed by atoms with Crippen molar-refractivity contribution in [3.63, 3.8) is 0 Å². The minimum atomic E-state index is -0.452. The van der Waals surface area contributed by atoms with E-state index in [9.17, 15) is 4.79 Å². The van der Waals surface area contributed by atoms with Gasteiger partial charge in [-0.1, -0.05) is 53.3 Å². The maximum atomic E-state index is 11.6. The zero-order chi connectivity index (χ0) is 15.4. The van der Waals surface area contributed by atoms with Gasteiger partial charge < -0.3 is 9.64 Å². The highest BCUT2D eigenvalue weighted by Gasteiger charge is 2.22. The molecule has 0 unspecified atom stereocenters. The second-order valence-electron chi connectivity index (χ2n) is 4.82. The Hall–Kier alpha value is -1.59. The van der Waals surface area contributed by atoms with E-state index < -0.39 is 5.97 Å². The predicted molar refractivity (Wildman–Crippen MR) is 86.2 cm³/mol. The number of carbonyl (C=O) groups is 1. The van der Waals surface area contributed by atoms with Crippen LogP contribution in [0.3, 0.4) is 0 Å². The maximum Gasteiger partial charge on any atom is 0.351 e. The fourth-order valence-corrected chi connectivity index (χ4v) is 3.22. The lowest BCUT2D eigenvalue weighted by Gasteiger charge is -2.26. The fraction of sp³-hybridized carbons (Fsp3) is 0.333. The van der Waals surface area contributed by atoms with Crippen LogP contribution in [0.5, 0.6) is 0 Å². The summed E-state index contributed by atoms with van der Waals surface area (Å²) in [5.41, 5.74) is 1.18. The Bertz CT molecular complexity index is 613. The Labute approximate surface area is 133 Å². The highest BCUT2D eigenvalue weighted by Crippen LogP contribution is 2.32. The van der Waals surface area contributed by atoms with E-state index in [2.05, 4.69) is 35.9 Å². The third kappa shape index (κ3) is 3.74. The molecule has 1 aromatic carbocycles. The molecular formula is C15H17ClN2O2S. The molecule has 0 bridgehead atoms. The van der Waals surface area contributed by atoms with E-state index in [4.69, 9.17) is 16.3 Å². The lowest BCUT2D eigenvalue weighted by atomic mass is 10.2. The molecule has 0 radical (unpaired) electrons. The van der Waals surface area contributed by atoms with Crippen molar-refractivity contribution in [3.05, 3.63) is 45.9 Å². The number of hydrogen-bond donors (Lipinski definition) is 0. The summed E-state index contributed by atoms with van der Waals surface area (Å²) in [5, 5.41) is 0.916. The maximum absolute atomic E-state index is 11.6. The van der Waals surface area contributed by atoms with Crippen LogP contribution in [0.1, 0.15) is 29.1 Å². The smallest absolute Gasteiger partial charge is 0.351 e. The number of thiazole rings is 1. The van der Waals surface area contributed by atoms with Crippen molar-refractivity contribution in [2.45, 2.75) is 26.4 Å². The van der Waals surface area contributed by atoms with Gasteiger partial charge in [-0.25, -0.2) is 9.78 Å². The Morgan fingerprint density at radius 1 is 1.38 bits per heavy atom. The van der Waals surface area contributed by atoms with Crippen molar-refractivity contribution in [1.29, 1.82) is 0 Å². The molecule has 2 rings (SSSR count). The van der Waals surface area contributed by atoms with Gasteiger partial charge in [0.25, 0.3) is 0 Å². The van der Waals surface area contributed by atoms with E-state index in [1.54, 1.807) is 0 Å². The van der Waals surface area contributed by atoms with Crippen molar-refractivity contribution in [1.82, 2.24) is 4.98 Å². The Morgan fingerprint density at radius 3 is 2.62 bits per heavy atom. The van der Waals surface area contributed by atoms with Crippen LogP contribution in [0.15, 0.2) is 30.3 Å². The Balaban J connectivity index is 2.29. The molecule has 0 saturated heterocycles. The molecular weight excluding hydrogens is 308 g/mol. The van der Waals surface area contributed by atoms with E-state index >= 15 is 0 Å².